The summed E-state index contributed by atoms with van der Waals surface area (Å²) in [6.07, 6.45) is 5.93. The zero-order valence-electron chi connectivity index (χ0n) is 18.3. The minimum atomic E-state index is 0.240. The van der Waals surface area contributed by atoms with Crippen molar-refractivity contribution < 1.29 is 9.53 Å². The summed E-state index contributed by atoms with van der Waals surface area (Å²) in [7, 11) is 1.68. The molecular formula is C26H31N3O2. The Balaban J connectivity index is 1.25. The highest BCUT2D eigenvalue weighted by molar-refractivity contribution is 5.89. The summed E-state index contributed by atoms with van der Waals surface area (Å²) in [5.74, 6) is 1.06. The summed E-state index contributed by atoms with van der Waals surface area (Å²) >= 11 is 0. The van der Waals surface area contributed by atoms with Crippen molar-refractivity contribution in [2.24, 2.45) is 5.41 Å². The molecule has 2 aliphatic rings. The van der Waals surface area contributed by atoms with Crippen molar-refractivity contribution >= 4 is 16.8 Å². The van der Waals surface area contributed by atoms with Gasteiger partial charge in [-0.05, 0) is 55.1 Å². The number of nitrogens with one attached hydrogen (secondary N) is 1. The van der Waals surface area contributed by atoms with Gasteiger partial charge < -0.3 is 14.6 Å². The normalized spacial score (nSPS) is 21.8. The first-order chi connectivity index (χ1) is 15.1. The fraction of sp³-hybridized carbons (Fsp3) is 0.423. The number of ether oxygens (including phenoxy) is 1. The second kappa shape index (κ2) is 8.39. The van der Waals surface area contributed by atoms with Crippen LogP contribution in [0.15, 0.2) is 54.7 Å². The lowest BCUT2D eigenvalue weighted by molar-refractivity contribution is -0.133. The van der Waals surface area contributed by atoms with Crippen LogP contribution in [0.2, 0.25) is 0 Å². The van der Waals surface area contributed by atoms with Crippen LogP contribution < -0.4 is 4.74 Å². The maximum absolute atomic E-state index is 13.2. The lowest BCUT2D eigenvalue weighted by Gasteiger charge is -2.40. The molecule has 3 aromatic rings. The Hall–Kier alpha value is -2.79. The number of aromatic nitrogens is 1. The van der Waals surface area contributed by atoms with Crippen molar-refractivity contribution in [2.75, 3.05) is 33.3 Å². The molecule has 5 rings (SSSR count). The smallest absolute Gasteiger partial charge is 0.227 e. The van der Waals surface area contributed by atoms with Gasteiger partial charge in [-0.15, -0.1) is 0 Å². The third kappa shape index (κ3) is 4.19. The van der Waals surface area contributed by atoms with Crippen molar-refractivity contribution in [3.8, 4) is 5.75 Å². The van der Waals surface area contributed by atoms with Gasteiger partial charge in [0.05, 0.1) is 13.5 Å². The second-order valence-electron chi connectivity index (χ2n) is 9.27. The average molecular weight is 418 g/mol. The van der Waals surface area contributed by atoms with E-state index in [0.29, 0.717) is 6.42 Å². The molecular weight excluding hydrogens is 386 g/mol. The van der Waals surface area contributed by atoms with E-state index in [0.717, 1.165) is 61.4 Å². The molecule has 162 valence electrons. The molecule has 1 unspecified atom stereocenters. The van der Waals surface area contributed by atoms with Crippen molar-refractivity contribution in [1.82, 2.24) is 14.8 Å². The number of carbonyl (C=O) groups excluding carboxylic acids is 1. The second-order valence-corrected chi connectivity index (χ2v) is 9.27. The fourth-order valence-electron chi connectivity index (χ4n) is 5.46. The first-order valence-electron chi connectivity index (χ1n) is 11.3. The van der Waals surface area contributed by atoms with Gasteiger partial charge in [0.25, 0.3) is 0 Å². The number of piperidine rings is 1. The first kappa shape index (κ1) is 20.1. The van der Waals surface area contributed by atoms with Crippen LogP contribution in [0.1, 0.15) is 30.4 Å². The predicted molar refractivity (Wildman–Crippen MR) is 123 cm³/mol. The number of rotatable bonds is 5. The quantitative estimate of drug-likeness (QED) is 0.676. The Kier molecular flexibility index (Phi) is 5.45. The molecule has 0 bridgehead atoms. The minimum Gasteiger partial charge on any atom is -0.497 e. The minimum absolute atomic E-state index is 0.240. The number of carbonyl (C=O) groups is 1. The summed E-state index contributed by atoms with van der Waals surface area (Å²) in [6, 6.07) is 16.7. The molecule has 1 amide bonds. The Morgan fingerprint density at radius 1 is 1.10 bits per heavy atom. The third-order valence-electron chi connectivity index (χ3n) is 7.10. The number of likely N-dealkylation sites (tertiary alicyclic amines) is 2. The summed E-state index contributed by atoms with van der Waals surface area (Å²) in [4.78, 5) is 21.2. The molecule has 0 saturated carbocycles. The zero-order chi connectivity index (χ0) is 21.3. The molecule has 1 aromatic heterocycles. The molecule has 3 heterocycles. The highest BCUT2D eigenvalue weighted by Gasteiger charge is 2.42. The maximum atomic E-state index is 13.2. The van der Waals surface area contributed by atoms with Crippen LogP contribution in [0.5, 0.6) is 5.75 Å². The number of benzene rings is 2. The van der Waals surface area contributed by atoms with Gasteiger partial charge in [-0.1, -0.05) is 30.3 Å². The van der Waals surface area contributed by atoms with Crippen molar-refractivity contribution in [2.45, 2.75) is 32.2 Å². The molecule has 5 heteroatoms. The summed E-state index contributed by atoms with van der Waals surface area (Å²) in [5, 5.41) is 1.08. The molecule has 2 fully saturated rings. The highest BCUT2D eigenvalue weighted by atomic mass is 16.5. The van der Waals surface area contributed by atoms with E-state index in [1.165, 1.54) is 18.4 Å². The van der Waals surface area contributed by atoms with E-state index in [1.54, 1.807) is 7.11 Å². The molecule has 0 radical (unpaired) electrons. The number of H-pyrrole nitrogens is 1. The summed E-state index contributed by atoms with van der Waals surface area (Å²) < 4.78 is 5.37. The van der Waals surface area contributed by atoms with E-state index >= 15 is 0 Å². The Morgan fingerprint density at radius 2 is 1.97 bits per heavy atom. The van der Waals surface area contributed by atoms with E-state index in [-0.39, 0.29) is 11.3 Å². The monoisotopic (exact) mass is 417 g/mol. The first-order valence-corrected chi connectivity index (χ1v) is 11.3. The number of aromatic amines is 1. The highest BCUT2D eigenvalue weighted by Crippen LogP contribution is 2.39. The maximum Gasteiger partial charge on any atom is 0.227 e. The summed E-state index contributed by atoms with van der Waals surface area (Å²) in [6.45, 7) is 5.00. The number of methoxy groups -OCH3 is 1. The Labute approximate surface area is 184 Å². The van der Waals surface area contributed by atoms with Gasteiger partial charge in [0, 0.05) is 48.7 Å². The van der Waals surface area contributed by atoms with Crippen LogP contribution in [-0.4, -0.2) is 54.0 Å². The number of amides is 1. The largest absolute Gasteiger partial charge is 0.497 e. The fourth-order valence-corrected chi connectivity index (χ4v) is 5.46. The molecule has 5 nitrogen and oxygen atoms in total. The molecule has 31 heavy (non-hydrogen) atoms. The molecule has 1 N–H and O–H groups in total. The van der Waals surface area contributed by atoms with E-state index in [1.807, 2.05) is 24.4 Å². The van der Waals surface area contributed by atoms with Crippen LogP contribution in [-0.2, 0) is 17.8 Å². The molecule has 2 saturated heterocycles. The number of hydrogen-bond donors (Lipinski definition) is 1. The van der Waals surface area contributed by atoms with Gasteiger partial charge >= 0.3 is 0 Å². The van der Waals surface area contributed by atoms with Crippen molar-refractivity contribution in [3.05, 3.63) is 65.9 Å². The predicted octanol–water partition coefficient (Wildman–Crippen LogP) is 4.23. The Bertz CT molecular complexity index is 1060. The van der Waals surface area contributed by atoms with Crippen LogP contribution >= 0.6 is 0 Å². The van der Waals surface area contributed by atoms with Gasteiger partial charge in [-0.2, -0.15) is 0 Å². The number of fused-ring (bicyclic) bond motifs is 1. The SMILES string of the molecule is COc1ccc2[nH]cc(CC(=O)N3CCCC4(CCN(Cc5ccccc5)C4)C3)c2c1. The zero-order valence-corrected chi connectivity index (χ0v) is 18.3. The molecule has 1 atom stereocenters. The van der Waals surface area contributed by atoms with Crippen LogP contribution in [0.25, 0.3) is 10.9 Å². The number of hydrogen-bond acceptors (Lipinski definition) is 3. The molecule has 1 spiro atoms. The Morgan fingerprint density at radius 3 is 2.81 bits per heavy atom. The van der Waals surface area contributed by atoms with Gasteiger partial charge in [-0.3, -0.25) is 9.69 Å². The van der Waals surface area contributed by atoms with Gasteiger partial charge in [-0.25, -0.2) is 0 Å². The van der Waals surface area contributed by atoms with Gasteiger partial charge in [0.15, 0.2) is 0 Å². The van der Waals surface area contributed by atoms with Crippen LogP contribution in [0, 0.1) is 5.41 Å². The summed E-state index contributed by atoms with van der Waals surface area (Å²) in [5.41, 5.74) is 3.73. The van der Waals surface area contributed by atoms with Crippen LogP contribution in [0.3, 0.4) is 0 Å². The van der Waals surface area contributed by atoms with Crippen LogP contribution in [0.4, 0.5) is 0 Å². The van der Waals surface area contributed by atoms with E-state index < -0.39 is 0 Å². The van der Waals surface area contributed by atoms with Crippen molar-refractivity contribution in [3.63, 3.8) is 0 Å². The topological polar surface area (TPSA) is 48.6 Å². The average Bonchev–Trinajstić information content (AvgIpc) is 3.38. The van der Waals surface area contributed by atoms with E-state index in [9.17, 15) is 4.79 Å². The molecule has 2 aromatic carbocycles. The van der Waals surface area contributed by atoms with Gasteiger partial charge in [0.1, 0.15) is 5.75 Å². The van der Waals surface area contributed by atoms with E-state index in [4.69, 9.17) is 4.74 Å². The standard InChI is InChI=1S/C26H31N3O2/c1-31-22-8-9-24-23(15-22)21(16-27-24)14-25(30)29-12-5-10-26(19-29)11-13-28(18-26)17-20-6-3-2-4-7-20/h2-4,6-9,15-16,27H,5,10-14,17-19H2,1H3. The molecule has 0 aliphatic carbocycles. The number of nitrogens with zero attached hydrogens (tertiary/aromatic N) is 2. The third-order valence-corrected chi connectivity index (χ3v) is 7.10. The molecule has 2 aliphatic heterocycles. The van der Waals surface area contributed by atoms with Gasteiger partial charge in [0.2, 0.25) is 5.91 Å². The lowest BCUT2D eigenvalue weighted by Crippen LogP contribution is -2.47. The van der Waals surface area contributed by atoms with Crippen molar-refractivity contribution in [1.29, 1.82) is 0 Å². The lowest BCUT2D eigenvalue weighted by atomic mass is 9.79. The van der Waals surface area contributed by atoms with E-state index in [2.05, 4.69) is 45.1 Å².